The third-order valence-corrected chi connectivity index (χ3v) is 5.65. The lowest BCUT2D eigenvalue weighted by Gasteiger charge is -2.17. The third-order valence-electron chi connectivity index (χ3n) is 2.81. The minimum atomic E-state index is -3.63. The van der Waals surface area contributed by atoms with Crippen LogP contribution in [-0.2, 0) is 16.4 Å². The van der Waals surface area contributed by atoms with Gasteiger partial charge < -0.3 is 5.11 Å². The average molecular weight is 297 g/mol. The van der Waals surface area contributed by atoms with Crippen molar-refractivity contribution in [3.8, 4) is 5.75 Å². The Morgan fingerprint density at radius 3 is 2.58 bits per heavy atom. The van der Waals surface area contributed by atoms with Crippen molar-refractivity contribution in [2.75, 3.05) is 13.6 Å². The first kappa shape index (κ1) is 14.0. The number of para-hydroxylation sites is 1. The van der Waals surface area contributed by atoms with E-state index in [0.29, 0.717) is 13.0 Å². The van der Waals surface area contributed by atoms with Gasteiger partial charge in [-0.15, -0.1) is 11.3 Å². The van der Waals surface area contributed by atoms with E-state index in [1.807, 2.05) is 17.5 Å². The molecule has 2 rings (SSSR count). The fourth-order valence-electron chi connectivity index (χ4n) is 1.69. The van der Waals surface area contributed by atoms with Crippen LogP contribution in [0.2, 0.25) is 0 Å². The summed E-state index contributed by atoms with van der Waals surface area (Å²) in [6.45, 7) is 0.386. The van der Waals surface area contributed by atoms with Crippen molar-refractivity contribution in [1.29, 1.82) is 0 Å². The second-order valence-electron chi connectivity index (χ2n) is 4.12. The molecule has 4 nitrogen and oxygen atoms in total. The molecule has 0 aliphatic heterocycles. The summed E-state index contributed by atoms with van der Waals surface area (Å²) in [5.41, 5.74) is 0. The Bertz CT molecular complexity index is 636. The van der Waals surface area contributed by atoms with Gasteiger partial charge in [0.05, 0.1) is 0 Å². The van der Waals surface area contributed by atoms with Gasteiger partial charge in [0.1, 0.15) is 10.6 Å². The van der Waals surface area contributed by atoms with Crippen LogP contribution in [0.3, 0.4) is 0 Å². The molecular weight excluding hydrogens is 282 g/mol. The predicted molar refractivity (Wildman–Crippen MR) is 75.9 cm³/mol. The highest BCUT2D eigenvalue weighted by Gasteiger charge is 2.23. The maximum atomic E-state index is 12.3. The summed E-state index contributed by atoms with van der Waals surface area (Å²) in [6.07, 6.45) is 0.668. The summed E-state index contributed by atoms with van der Waals surface area (Å²) in [5.74, 6) is -0.217. The van der Waals surface area contributed by atoms with Crippen molar-refractivity contribution in [2.45, 2.75) is 11.3 Å². The molecular formula is C13H15NO3S2. The molecule has 0 saturated heterocycles. The summed E-state index contributed by atoms with van der Waals surface area (Å²) in [4.78, 5) is 1.09. The predicted octanol–water partition coefficient (Wildman–Crippen LogP) is 2.32. The first-order chi connectivity index (χ1) is 9.01. The molecule has 2 aromatic rings. The van der Waals surface area contributed by atoms with Crippen LogP contribution in [0, 0.1) is 0 Å². The van der Waals surface area contributed by atoms with Crippen LogP contribution in [0.4, 0.5) is 0 Å². The number of rotatable bonds is 5. The molecule has 0 amide bonds. The number of benzene rings is 1. The zero-order chi connectivity index (χ0) is 13.9. The van der Waals surface area contributed by atoms with E-state index in [4.69, 9.17) is 0 Å². The SMILES string of the molecule is CN(CCc1cccs1)S(=O)(=O)c1ccccc1O. The molecule has 0 aliphatic carbocycles. The molecule has 0 radical (unpaired) electrons. The molecule has 19 heavy (non-hydrogen) atoms. The van der Waals surface area contributed by atoms with E-state index in [-0.39, 0.29) is 10.6 Å². The van der Waals surface area contributed by atoms with Crippen LogP contribution in [0.1, 0.15) is 4.88 Å². The Hall–Kier alpha value is -1.37. The lowest BCUT2D eigenvalue weighted by molar-refractivity contribution is 0.442. The molecule has 0 atom stereocenters. The van der Waals surface area contributed by atoms with Crippen molar-refractivity contribution in [3.63, 3.8) is 0 Å². The smallest absolute Gasteiger partial charge is 0.246 e. The topological polar surface area (TPSA) is 57.6 Å². The number of hydrogen-bond donors (Lipinski definition) is 1. The molecule has 1 aromatic carbocycles. The molecule has 0 spiro atoms. The summed E-state index contributed by atoms with van der Waals surface area (Å²) < 4.78 is 25.8. The molecule has 102 valence electrons. The number of thiophene rings is 1. The number of phenols is 1. The minimum Gasteiger partial charge on any atom is -0.507 e. The van der Waals surface area contributed by atoms with Crippen LogP contribution in [0.5, 0.6) is 5.75 Å². The van der Waals surface area contributed by atoms with Crippen molar-refractivity contribution in [3.05, 3.63) is 46.7 Å². The average Bonchev–Trinajstić information content (AvgIpc) is 2.89. The van der Waals surface area contributed by atoms with Crippen LogP contribution in [-0.4, -0.2) is 31.4 Å². The number of hydrogen-bond acceptors (Lipinski definition) is 4. The monoisotopic (exact) mass is 297 g/mol. The standard InChI is InChI=1S/C13H15NO3S2/c1-14(9-8-11-5-4-10-18-11)19(16,17)13-7-3-2-6-12(13)15/h2-7,10,15H,8-9H2,1H3. The number of aromatic hydroxyl groups is 1. The van der Waals surface area contributed by atoms with Gasteiger partial charge in [0.15, 0.2) is 0 Å². The van der Waals surface area contributed by atoms with E-state index in [9.17, 15) is 13.5 Å². The van der Waals surface area contributed by atoms with Crippen molar-refractivity contribution >= 4 is 21.4 Å². The fourth-order valence-corrected chi connectivity index (χ4v) is 3.63. The van der Waals surface area contributed by atoms with Gasteiger partial charge in [0.2, 0.25) is 10.0 Å². The van der Waals surface area contributed by atoms with Crippen molar-refractivity contribution < 1.29 is 13.5 Å². The molecule has 0 bridgehead atoms. The van der Waals surface area contributed by atoms with Gasteiger partial charge in [0.25, 0.3) is 0 Å². The molecule has 1 aromatic heterocycles. The van der Waals surface area contributed by atoms with Crippen LogP contribution < -0.4 is 0 Å². The Labute approximate surface area is 117 Å². The van der Waals surface area contributed by atoms with E-state index in [2.05, 4.69) is 0 Å². The lowest BCUT2D eigenvalue weighted by atomic mass is 10.3. The highest BCUT2D eigenvalue weighted by molar-refractivity contribution is 7.89. The summed E-state index contributed by atoms with van der Waals surface area (Å²) in [6, 6.07) is 9.90. The number of likely N-dealkylation sites (N-methyl/N-ethyl adjacent to an activating group) is 1. The Kier molecular flexibility index (Phi) is 4.24. The number of phenolic OH excluding ortho intramolecular Hbond substituents is 1. The first-order valence-electron chi connectivity index (χ1n) is 5.78. The number of nitrogens with zero attached hydrogens (tertiary/aromatic N) is 1. The molecule has 0 fully saturated rings. The van der Waals surface area contributed by atoms with E-state index < -0.39 is 10.0 Å². The quantitative estimate of drug-likeness (QED) is 0.921. The second kappa shape index (κ2) is 5.73. The van der Waals surface area contributed by atoms with Gasteiger partial charge >= 0.3 is 0 Å². The highest BCUT2D eigenvalue weighted by Crippen LogP contribution is 2.24. The van der Waals surface area contributed by atoms with E-state index in [1.165, 1.54) is 23.5 Å². The van der Waals surface area contributed by atoms with E-state index >= 15 is 0 Å². The van der Waals surface area contributed by atoms with Crippen LogP contribution in [0.15, 0.2) is 46.7 Å². The second-order valence-corrected chi connectivity index (χ2v) is 7.17. The summed E-state index contributed by atoms with van der Waals surface area (Å²) in [5, 5.41) is 11.6. The third kappa shape index (κ3) is 3.15. The molecule has 0 aliphatic rings. The highest BCUT2D eigenvalue weighted by atomic mass is 32.2. The minimum absolute atomic E-state index is 0.0521. The Balaban J connectivity index is 2.13. The summed E-state index contributed by atoms with van der Waals surface area (Å²) >= 11 is 1.60. The van der Waals surface area contributed by atoms with E-state index in [1.54, 1.807) is 23.5 Å². The van der Waals surface area contributed by atoms with Gasteiger partial charge in [-0.2, -0.15) is 0 Å². The first-order valence-corrected chi connectivity index (χ1v) is 8.10. The largest absolute Gasteiger partial charge is 0.507 e. The lowest BCUT2D eigenvalue weighted by Crippen LogP contribution is -2.28. The molecule has 0 unspecified atom stereocenters. The molecule has 1 heterocycles. The normalized spacial score (nSPS) is 11.9. The Morgan fingerprint density at radius 1 is 1.21 bits per heavy atom. The van der Waals surface area contributed by atoms with E-state index in [0.717, 1.165) is 4.88 Å². The molecule has 0 saturated carbocycles. The zero-order valence-corrected chi connectivity index (χ0v) is 12.1. The molecule has 1 N–H and O–H groups in total. The van der Waals surface area contributed by atoms with Gasteiger partial charge in [-0.3, -0.25) is 0 Å². The van der Waals surface area contributed by atoms with Crippen molar-refractivity contribution in [1.82, 2.24) is 4.31 Å². The van der Waals surface area contributed by atoms with Gasteiger partial charge in [-0.1, -0.05) is 18.2 Å². The maximum Gasteiger partial charge on any atom is 0.246 e. The van der Waals surface area contributed by atoms with Gasteiger partial charge in [-0.25, -0.2) is 12.7 Å². The number of sulfonamides is 1. The van der Waals surface area contributed by atoms with Crippen LogP contribution in [0.25, 0.3) is 0 Å². The van der Waals surface area contributed by atoms with Crippen LogP contribution >= 0.6 is 11.3 Å². The zero-order valence-electron chi connectivity index (χ0n) is 10.5. The molecule has 6 heteroatoms. The van der Waals surface area contributed by atoms with Crippen molar-refractivity contribution in [2.24, 2.45) is 0 Å². The van der Waals surface area contributed by atoms with Gasteiger partial charge in [0, 0.05) is 18.5 Å². The summed E-state index contributed by atoms with van der Waals surface area (Å²) in [7, 11) is -2.11. The maximum absolute atomic E-state index is 12.3. The van der Waals surface area contributed by atoms with Gasteiger partial charge in [-0.05, 0) is 30.0 Å². The fraction of sp³-hybridized carbons (Fsp3) is 0.231. The Morgan fingerprint density at radius 2 is 1.95 bits per heavy atom.